The molecule has 1 unspecified atom stereocenters. The maximum Gasteiger partial charge on any atom is 0.0410 e. The third kappa shape index (κ3) is 5.06. The van der Waals surface area contributed by atoms with Gasteiger partial charge in [-0.1, -0.05) is 30.3 Å². The Morgan fingerprint density at radius 3 is 2.65 bits per heavy atom. The Morgan fingerprint density at radius 2 is 1.95 bits per heavy atom. The first-order valence-corrected chi connectivity index (χ1v) is 7.88. The van der Waals surface area contributed by atoms with Crippen molar-refractivity contribution in [1.82, 2.24) is 10.3 Å². The third-order valence-corrected chi connectivity index (χ3v) is 3.95. The molecule has 3 heteroatoms. The van der Waals surface area contributed by atoms with Gasteiger partial charge in [-0.15, -0.1) is 0 Å². The average Bonchev–Trinajstić information content (AvgIpc) is 2.47. The second-order valence-electron chi connectivity index (χ2n) is 5.08. The molecular weight excluding hydrogens is 312 g/mol. The molecule has 106 valence electrons. The number of halogens is 1. The molecule has 0 saturated heterocycles. The first kappa shape index (κ1) is 15.2. The van der Waals surface area contributed by atoms with Crippen molar-refractivity contribution >= 4 is 15.9 Å². The van der Waals surface area contributed by atoms with E-state index in [9.17, 15) is 0 Å². The van der Waals surface area contributed by atoms with Crippen LogP contribution in [0.2, 0.25) is 0 Å². The topological polar surface area (TPSA) is 24.9 Å². The van der Waals surface area contributed by atoms with Crippen molar-refractivity contribution in [1.29, 1.82) is 0 Å². The number of nitrogens with zero attached hydrogens (tertiary/aromatic N) is 1. The highest BCUT2D eigenvalue weighted by Crippen LogP contribution is 2.14. The normalized spacial score (nSPS) is 12.3. The van der Waals surface area contributed by atoms with Crippen LogP contribution in [0.3, 0.4) is 0 Å². The molecule has 1 aromatic carbocycles. The Balaban J connectivity index is 1.80. The quantitative estimate of drug-likeness (QED) is 0.828. The van der Waals surface area contributed by atoms with Crippen molar-refractivity contribution in [2.45, 2.75) is 31.7 Å². The number of rotatable bonds is 7. The van der Waals surface area contributed by atoms with Crippen LogP contribution in [-0.4, -0.2) is 18.1 Å². The van der Waals surface area contributed by atoms with Gasteiger partial charge >= 0.3 is 0 Å². The molecule has 0 aliphatic carbocycles. The number of hydrogen-bond donors (Lipinski definition) is 1. The predicted molar refractivity (Wildman–Crippen MR) is 87.9 cm³/mol. The molecule has 1 heterocycles. The summed E-state index contributed by atoms with van der Waals surface area (Å²) in [5.74, 6) is 0. The molecule has 0 fully saturated rings. The lowest BCUT2D eigenvalue weighted by molar-refractivity contribution is 0.501. The molecule has 2 aromatic rings. The summed E-state index contributed by atoms with van der Waals surface area (Å²) in [6.45, 7) is 0. The summed E-state index contributed by atoms with van der Waals surface area (Å²) in [6.07, 6.45) is 8.34. The fourth-order valence-electron chi connectivity index (χ4n) is 2.40. The van der Waals surface area contributed by atoms with Crippen LogP contribution in [0.4, 0.5) is 0 Å². The maximum atomic E-state index is 4.22. The standard InChI is InChI=1S/C17H21BrN2/c1-19-17(11-15-10-16(18)13-20-12-15)9-5-8-14-6-3-2-4-7-14/h2-4,6-7,10,12-13,17,19H,5,8-9,11H2,1H3. The Morgan fingerprint density at radius 1 is 1.15 bits per heavy atom. The molecule has 20 heavy (non-hydrogen) atoms. The van der Waals surface area contributed by atoms with Crippen LogP contribution in [0.15, 0.2) is 53.3 Å². The van der Waals surface area contributed by atoms with Gasteiger partial charge in [0, 0.05) is 22.9 Å². The van der Waals surface area contributed by atoms with Crippen LogP contribution in [0.25, 0.3) is 0 Å². The molecule has 1 N–H and O–H groups in total. The molecule has 1 aromatic heterocycles. The SMILES string of the molecule is CNC(CCCc1ccccc1)Cc1cncc(Br)c1. The summed E-state index contributed by atoms with van der Waals surface area (Å²) in [6, 6.07) is 13.3. The van der Waals surface area contributed by atoms with Crippen LogP contribution in [0.1, 0.15) is 24.0 Å². The highest BCUT2D eigenvalue weighted by molar-refractivity contribution is 9.10. The number of benzene rings is 1. The van der Waals surface area contributed by atoms with Gasteiger partial charge in [0.05, 0.1) is 0 Å². The van der Waals surface area contributed by atoms with E-state index in [1.807, 2.05) is 19.4 Å². The lowest BCUT2D eigenvalue weighted by Gasteiger charge is -2.16. The largest absolute Gasteiger partial charge is 0.317 e. The Hall–Kier alpha value is -1.19. The molecule has 2 nitrogen and oxygen atoms in total. The van der Waals surface area contributed by atoms with Crippen molar-refractivity contribution in [2.75, 3.05) is 7.05 Å². The van der Waals surface area contributed by atoms with Crippen LogP contribution < -0.4 is 5.32 Å². The highest BCUT2D eigenvalue weighted by atomic mass is 79.9. The van der Waals surface area contributed by atoms with Gasteiger partial charge in [0.25, 0.3) is 0 Å². The van der Waals surface area contributed by atoms with E-state index in [0.29, 0.717) is 6.04 Å². The van der Waals surface area contributed by atoms with Crippen molar-refractivity contribution in [3.8, 4) is 0 Å². The van der Waals surface area contributed by atoms with Crippen LogP contribution >= 0.6 is 15.9 Å². The predicted octanol–water partition coefficient (Wildman–Crippen LogP) is 4.00. The first-order chi connectivity index (χ1) is 9.78. The van der Waals surface area contributed by atoms with Gasteiger partial charge in [-0.05, 0) is 65.9 Å². The minimum atomic E-state index is 0.509. The fraction of sp³-hybridized carbons (Fsp3) is 0.353. The lowest BCUT2D eigenvalue weighted by atomic mass is 10.00. The van der Waals surface area contributed by atoms with Gasteiger partial charge in [-0.3, -0.25) is 4.98 Å². The molecule has 0 amide bonds. The van der Waals surface area contributed by atoms with Crippen LogP contribution in [0.5, 0.6) is 0 Å². The number of hydrogen-bond acceptors (Lipinski definition) is 2. The zero-order chi connectivity index (χ0) is 14.2. The van der Waals surface area contributed by atoms with E-state index >= 15 is 0 Å². The van der Waals surface area contributed by atoms with Crippen molar-refractivity contribution in [3.63, 3.8) is 0 Å². The van der Waals surface area contributed by atoms with E-state index in [1.165, 1.54) is 24.0 Å². The van der Waals surface area contributed by atoms with E-state index in [1.54, 1.807) is 0 Å². The van der Waals surface area contributed by atoms with Crippen LogP contribution in [-0.2, 0) is 12.8 Å². The molecule has 0 aliphatic heterocycles. The molecule has 0 radical (unpaired) electrons. The summed E-state index contributed by atoms with van der Waals surface area (Å²) in [5.41, 5.74) is 2.70. The smallest absolute Gasteiger partial charge is 0.0410 e. The molecule has 2 rings (SSSR count). The summed E-state index contributed by atoms with van der Waals surface area (Å²) < 4.78 is 1.05. The van der Waals surface area contributed by atoms with Gasteiger partial charge in [-0.25, -0.2) is 0 Å². The van der Waals surface area contributed by atoms with E-state index in [4.69, 9.17) is 0 Å². The Labute approximate surface area is 129 Å². The number of aromatic nitrogens is 1. The number of nitrogens with one attached hydrogen (secondary N) is 1. The minimum Gasteiger partial charge on any atom is -0.317 e. The molecule has 0 aliphatic rings. The molecule has 1 atom stereocenters. The van der Waals surface area contributed by atoms with Gasteiger partial charge in [0.1, 0.15) is 0 Å². The van der Waals surface area contributed by atoms with E-state index in [2.05, 4.69) is 62.6 Å². The molecule has 0 bridgehead atoms. The van der Waals surface area contributed by atoms with Gasteiger partial charge in [-0.2, -0.15) is 0 Å². The van der Waals surface area contributed by atoms with Gasteiger partial charge < -0.3 is 5.32 Å². The van der Waals surface area contributed by atoms with Crippen molar-refractivity contribution < 1.29 is 0 Å². The fourth-order valence-corrected chi connectivity index (χ4v) is 2.81. The molecule has 0 spiro atoms. The summed E-state index contributed by atoms with van der Waals surface area (Å²) in [7, 11) is 2.04. The van der Waals surface area contributed by atoms with Gasteiger partial charge in [0.2, 0.25) is 0 Å². The highest BCUT2D eigenvalue weighted by Gasteiger charge is 2.08. The monoisotopic (exact) mass is 332 g/mol. The van der Waals surface area contributed by atoms with Gasteiger partial charge in [0.15, 0.2) is 0 Å². The zero-order valence-corrected chi connectivity index (χ0v) is 13.4. The number of aryl methyl sites for hydroxylation is 1. The summed E-state index contributed by atoms with van der Waals surface area (Å²) in [4.78, 5) is 4.22. The minimum absolute atomic E-state index is 0.509. The first-order valence-electron chi connectivity index (χ1n) is 7.08. The van der Waals surface area contributed by atoms with Crippen LogP contribution in [0, 0.1) is 0 Å². The molecular formula is C17H21BrN2. The van der Waals surface area contributed by atoms with Crippen molar-refractivity contribution in [2.24, 2.45) is 0 Å². The average molecular weight is 333 g/mol. The Kier molecular flexibility index (Phi) is 6.22. The second-order valence-corrected chi connectivity index (χ2v) is 5.99. The second kappa shape index (κ2) is 8.18. The number of likely N-dealkylation sites (N-methyl/N-ethyl adjacent to an activating group) is 1. The maximum absolute atomic E-state index is 4.22. The lowest BCUT2D eigenvalue weighted by Crippen LogP contribution is -2.27. The van der Waals surface area contributed by atoms with E-state index in [0.717, 1.165) is 17.3 Å². The van der Waals surface area contributed by atoms with E-state index in [-0.39, 0.29) is 0 Å². The third-order valence-electron chi connectivity index (χ3n) is 3.51. The summed E-state index contributed by atoms with van der Waals surface area (Å²) >= 11 is 3.47. The summed E-state index contributed by atoms with van der Waals surface area (Å²) in [5, 5.41) is 3.41. The number of pyridine rings is 1. The molecule has 0 saturated carbocycles. The zero-order valence-electron chi connectivity index (χ0n) is 11.8. The van der Waals surface area contributed by atoms with E-state index < -0.39 is 0 Å². The Bertz CT molecular complexity index is 513. The van der Waals surface area contributed by atoms with Crippen molar-refractivity contribution in [3.05, 3.63) is 64.4 Å².